The lowest BCUT2D eigenvalue weighted by Crippen LogP contribution is -2.37. The molecular weight excluding hydrogens is 396 g/mol. The molecule has 1 heterocycles. The van der Waals surface area contributed by atoms with E-state index in [0.717, 1.165) is 5.56 Å². The Labute approximate surface area is 181 Å². The largest absolute Gasteiger partial charge is 0.495 e. The number of para-hydroxylation sites is 2. The van der Waals surface area contributed by atoms with E-state index in [2.05, 4.69) is 20.7 Å². The molecule has 0 bridgehead atoms. The number of amides is 2. The molecule has 1 N–H and O–H groups in total. The highest BCUT2D eigenvalue weighted by Crippen LogP contribution is 2.22. The van der Waals surface area contributed by atoms with Gasteiger partial charge in [0.15, 0.2) is 0 Å². The predicted molar refractivity (Wildman–Crippen MR) is 116 cm³/mol. The topological polar surface area (TPSA) is 102 Å². The van der Waals surface area contributed by atoms with Crippen molar-refractivity contribution >= 4 is 17.5 Å². The Morgan fingerprint density at radius 1 is 1.10 bits per heavy atom. The summed E-state index contributed by atoms with van der Waals surface area (Å²) < 4.78 is 5.24. The van der Waals surface area contributed by atoms with E-state index in [1.165, 1.54) is 9.70 Å². The Morgan fingerprint density at radius 2 is 1.84 bits per heavy atom. The smallest absolute Gasteiger partial charge is 0.244 e. The number of methoxy groups -OCH3 is 1. The maximum Gasteiger partial charge on any atom is 0.244 e. The second-order valence-corrected chi connectivity index (χ2v) is 6.83. The summed E-state index contributed by atoms with van der Waals surface area (Å²) in [6.07, 6.45) is 0.839. The summed E-state index contributed by atoms with van der Waals surface area (Å²) in [6.45, 7) is 2.74. The number of ether oxygens (including phenoxy) is 1. The van der Waals surface area contributed by atoms with Gasteiger partial charge >= 0.3 is 0 Å². The number of tetrazole rings is 1. The maximum atomic E-state index is 12.6. The lowest BCUT2D eigenvalue weighted by Gasteiger charge is -2.20. The molecule has 0 fully saturated rings. The zero-order chi connectivity index (χ0) is 22.1. The number of carbonyl (C=O) groups excluding carboxylic acids is 2. The lowest BCUT2D eigenvalue weighted by atomic mass is 10.2. The molecule has 0 atom stereocenters. The summed E-state index contributed by atoms with van der Waals surface area (Å²) in [5.74, 6) is 0.752. The number of nitrogens with one attached hydrogen (secondary N) is 1. The van der Waals surface area contributed by atoms with E-state index < -0.39 is 0 Å². The van der Waals surface area contributed by atoms with Crippen molar-refractivity contribution in [2.75, 3.05) is 25.5 Å². The number of rotatable bonds is 10. The van der Waals surface area contributed by atoms with Crippen LogP contribution in [0.4, 0.5) is 5.69 Å². The van der Waals surface area contributed by atoms with Crippen molar-refractivity contribution in [1.82, 2.24) is 25.1 Å². The average molecular weight is 422 g/mol. The van der Waals surface area contributed by atoms with Gasteiger partial charge in [-0.05, 0) is 30.7 Å². The monoisotopic (exact) mass is 422 g/mol. The van der Waals surface area contributed by atoms with Crippen molar-refractivity contribution in [3.63, 3.8) is 0 Å². The zero-order valence-electron chi connectivity index (χ0n) is 17.7. The minimum Gasteiger partial charge on any atom is -0.495 e. The van der Waals surface area contributed by atoms with E-state index in [1.54, 1.807) is 19.2 Å². The molecule has 3 rings (SSSR count). The summed E-state index contributed by atoms with van der Waals surface area (Å²) in [5.41, 5.74) is 1.47. The molecule has 9 heteroatoms. The summed E-state index contributed by atoms with van der Waals surface area (Å²) >= 11 is 0. The number of benzene rings is 2. The van der Waals surface area contributed by atoms with Crippen LogP contribution < -0.4 is 10.1 Å². The number of hydrogen-bond acceptors (Lipinski definition) is 6. The third-order valence-electron chi connectivity index (χ3n) is 4.68. The zero-order valence-corrected chi connectivity index (χ0v) is 17.7. The highest BCUT2D eigenvalue weighted by Gasteiger charge is 2.16. The third kappa shape index (κ3) is 6.11. The molecule has 0 saturated heterocycles. The first kappa shape index (κ1) is 21.9. The Bertz CT molecular complexity index is 1010. The number of nitrogens with zero attached hydrogens (tertiary/aromatic N) is 5. The summed E-state index contributed by atoms with van der Waals surface area (Å²) in [4.78, 5) is 28.0. The van der Waals surface area contributed by atoms with Gasteiger partial charge in [-0.1, -0.05) is 42.5 Å². The Morgan fingerprint density at radius 3 is 2.58 bits per heavy atom. The van der Waals surface area contributed by atoms with Crippen LogP contribution in [0, 0.1) is 0 Å². The lowest BCUT2D eigenvalue weighted by molar-refractivity contribution is -0.134. The van der Waals surface area contributed by atoms with Crippen molar-refractivity contribution in [1.29, 1.82) is 0 Å². The van der Waals surface area contributed by atoms with Gasteiger partial charge in [-0.15, -0.1) is 10.2 Å². The molecule has 31 heavy (non-hydrogen) atoms. The van der Waals surface area contributed by atoms with Crippen molar-refractivity contribution in [2.45, 2.75) is 26.3 Å². The van der Waals surface area contributed by atoms with Crippen LogP contribution >= 0.6 is 0 Å². The van der Waals surface area contributed by atoms with Crippen LogP contribution in [-0.2, 0) is 16.1 Å². The van der Waals surface area contributed by atoms with Gasteiger partial charge in [0.05, 0.1) is 25.9 Å². The van der Waals surface area contributed by atoms with Crippen LogP contribution in [0.25, 0.3) is 11.4 Å². The van der Waals surface area contributed by atoms with Crippen molar-refractivity contribution < 1.29 is 14.3 Å². The number of carbonyl (C=O) groups is 2. The minimum atomic E-state index is -0.273. The van der Waals surface area contributed by atoms with Gasteiger partial charge in [0.2, 0.25) is 17.6 Å². The van der Waals surface area contributed by atoms with Gasteiger partial charge in [0, 0.05) is 18.5 Å². The van der Waals surface area contributed by atoms with E-state index in [1.807, 2.05) is 49.4 Å². The molecule has 0 unspecified atom stereocenters. The van der Waals surface area contributed by atoms with Gasteiger partial charge in [-0.3, -0.25) is 9.59 Å². The number of anilines is 1. The van der Waals surface area contributed by atoms with E-state index >= 15 is 0 Å². The predicted octanol–water partition coefficient (Wildman–Crippen LogP) is 2.62. The summed E-state index contributed by atoms with van der Waals surface area (Å²) in [6, 6.07) is 16.7. The van der Waals surface area contributed by atoms with E-state index in [0.29, 0.717) is 36.8 Å². The Hall–Kier alpha value is -3.75. The third-order valence-corrected chi connectivity index (χ3v) is 4.68. The summed E-state index contributed by atoms with van der Waals surface area (Å²) in [5, 5.41) is 15.2. The highest BCUT2D eigenvalue weighted by molar-refractivity contribution is 5.95. The molecule has 1 aromatic heterocycles. The van der Waals surface area contributed by atoms with Crippen molar-refractivity contribution in [3.05, 3.63) is 54.6 Å². The molecule has 2 amide bonds. The van der Waals surface area contributed by atoms with Crippen LogP contribution in [0.5, 0.6) is 5.75 Å². The Balaban J connectivity index is 1.47. The van der Waals surface area contributed by atoms with Crippen LogP contribution in [0.3, 0.4) is 0 Å². The fourth-order valence-electron chi connectivity index (χ4n) is 3.06. The van der Waals surface area contributed by atoms with E-state index in [9.17, 15) is 9.59 Å². The minimum absolute atomic E-state index is 0.0207. The summed E-state index contributed by atoms with van der Waals surface area (Å²) in [7, 11) is 1.54. The highest BCUT2D eigenvalue weighted by atomic mass is 16.5. The second kappa shape index (κ2) is 10.9. The van der Waals surface area contributed by atoms with Crippen LogP contribution in [-0.4, -0.2) is 57.1 Å². The first-order chi connectivity index (χ1) is 15.1. The fraction of sp³-hybridized carbons (Fsp3) is 0.318. The Kier molecular flexibility index (Phi) is 7.69. The quantitative estimate of drug-likeness (QED) is 0.539. The number of aryl methyl sites for hydroxylation is 1. The number of likely N-dealkylation sites (N-methyl/N-ethyl adjacent to an activating group) is 1. The van der Waals surface area contributed by atoms with Crippen molar-refractivity contribution in [3.8, 4) is 17.1 Å². The molecule has 0 spiro atoms. The number of hydrogen-bond donors (Lipinski definition) is 1. The van der Waals surface area contributed by atoms with Gasteiger partial charge in [-0.25, -0.2) is 0 Å². The van der Waals surface area contributed by atoms with Crippen LogP contribution in [0.2, 0.25) is 0 Å². The second-order valence-electron chi connectivity index (χ2n) is 6.83. The van der Waals surface area contributed by atoms with Crippen molar-refractivity contribution in [2.24, 2.45) is 0 Å². The van der Waals surface area contributed by atoms with E-state index in [4.69, 9.17) is 4.74 Å². The van der Waals surface area contributed by atoms with Crippen LogP contribution in [0.1, 0.15) is 19.8 Å². The van der Waals surface area contributed by atoms with Gasteiger partial charge in [0.1, 0.15) is 5.75 Å². The molecule has 9 nitrogen and oxygen atoms in total. The normalized spacial score (nSPS) is 10.5. The molecule has 2 aromatic carbocycles. The molecule has 3 aromatic rings. The fourth-order valence-corrected chi connectivity index (χ4v) is 3.06. The molecule has 162 valence electrons. The average Bonchev–Trinajstić information content (AvgIpc) is 3.27. The first-order valence-corrected chi connectivity index (χ1v) is 10.1. The van der Waals surface area contributed by atoms with Crippen LogP contribution in [0.15, 0.2) is 54.6 Å². The van der Waals surface area contributed by atoms with Gasteiger partial charge < -0.3 is 15.0 Å². The number of aromatic nitrogens is 4. The van der Waals surface area contributed by atoms with Gasteiger partial charge in [-0.2, -0.15) is 4.80 Å². The SMILES string of the molecule is CCN(CC(=O)Nc1ccccc1OC)C(=O)CCCn1nnc(-c2ccccc2)n1. The standard InChI is InChI=1S/C22H26N6O3/c1-3-27(16-20(29)23-18-12-7-8-13-19(18)31-2)21(30)14-9-15-28-25-22(24-26-28)17-10-5-4-6-11-17/h4-8,10-13H,3,9,14-16H2,1-2H3,(H,23,29). The molecule has 0 radical (unpaired) electrons. The molecule has 0 saturated carbocycles. The molecular formula is C22H26N6O3. The molecule has 0 aliphatic heterocycles. The van der Waals surface area contributed by atoms with E-state index in [-0.39, 0.29) is 24.8 Å². The maximum absolute atomic E-state index is 12.6. The van der Waals surface area contributed by atoms with Gasteiger partial charge in [0.25, 0.3) is 0 Å². The molecule has 0 aliphatic rings. The molecule has 0 aliphatic carbocycles. The first-order valence-electron chi connectivity index (χ1n) is 10.1.